The van der Waals surface area contributed by atoms with Gasteiger partial charge in [-0.1, -0.05) is 57.2 Å². The van der Waals surface area contributed by atoms with E-state index in [0.717, 1.165) is 12.8 Å². The van der Waals surface area contributed by atoms with Crippen LogP contribution in [0.2, 0.25) is 0 Å². The van der Waals surface area contributed by atoms with E-state index in [1.54, 1.807) is 30.3 Å². The minimum Gasteiger partial charge on any atom is -0.369 e. The SMILES string of the molecule is CCCCCCCC1C=C(S(=O)(=O)c2ccccc2)CO1. The Hall–Kier alpha value is -1.13. The summed E-state index contributed by atoms with van der Waals surface area (Å²) in [7, 11) is -3.37. The number of hydrogen-bond donors (Lipinski definition) is 0. The molecule has 3 nitrogen and oxygen atoms in total. The summed E-state index contributed by atoms with van der Waals surface area (Å²) < 4.78 is 30.5. The summed E-state index contributed by atoms with van der Waals surface area (Å²) in [4.78, 5) is 0.760. The van der Waals surface area contributed by atoms with Crippen molar-refractivity contribution in [1.29, 1.82) is 0 Å². The number of rotatable bonds is 8. The minimum absolute atomic E-state index is 0.0416. The molecule has 0 saturated carbocycles. The van der Waals surface area contributed by atoms with Gasteiger partial charge in [-0.2, -0.15) is 0 Å². The van der Waals surface area contributed by atoms with Gasteiger partial charge in [0.1, 0.15) is 0 Å². The Balaban J connectivity index is 1.92. The van der Waals surface area contributed by atoms with Gasteiger partial charge in [0.05, 0.1) is 22.5 Å². The second-order valence-corrected chi connectivity index (χ2v) is 7.50. The zero-order chi connectivity index (χ0) is 15.1. The number of benzene rings is 1. The van der Waals surface area contributed by atoms with Gasteiger partial charge in [-0.05, 0) is 24.6 Å². The van der Waals surface area contributed by atoms with Crippen LogP contribution in [0.5, 0.6) is 0 Å². The van der Waals surface area contributed by atoms with Crippen molar-refractivity contribution in [3.05, 3.63) is 41.3 Å². The fraction of sp³-hybridized carbons (Fsp3) is 0.529. The van der Waals surface area contributed by atoms with Gasteiger partial charge in [0.25, 0.3) is 0 Å². The molecule has 4 heteroatoms. The average Bonchev–Trinajstić information content (AvgIpc) is 2.98. The predicted octanol–water partition coefficient (Wildman–Crippen LogP) is 4.10. The lowest BCUT2D eigenvalue weighted by Gasteiger charge is -2.06. The lowest BCUT2D eigenvalue weighted by Crippen LogP contribution is -2.06. The summed E-state index contributed by atoms with van der Waals surface area (Å²) in [6, 6.07) is 8.57. The van der Waals surface area contributed by atoms with Crippen LogP contribution in [-0.4, -0.2) is 21.1 Å². The Morgan fingerprint density at radius 3 is 2.52 bits per heavy atom. The molecule has 1 aromatic rings. The maximum Gasteiger partial charge on any atom is 0.204 e. The van der Waals surface area contributed by atoms with Crippen LogP contribution >= 0.6 is 0 Å². The molecule has 0 N–H and O–H groups in total. The minimum atomic E-state index is -3.37. The summed E-state index contributed by atoms with van der Waals surface area (Å²) >= 11 is 0. The third-order valence-corrected chi connectivity index (χ3v) is 5.64. The molecule has 21 heavy (non-hydrogen) atoms. The molecule has 1 aromatic carbocycles. The summed E-state index contributed by atoms with van der Waals surface area (Å²) in [5.74, 6) is 0. The molecule has 1 heterocycles. The first kappa shape index (κ1) is 16.2. The molecule has 2 rings (SSSR count). The van der Waals surface area contributed by atoms with Crippen LogP contribution < -0.4 is 0 Å². The van der Waals surface area contributed by atoms with Gasteiger partial charge in [0.15, 0.2) is 0 Å². The summed E-state index contributed by atoms with van der Waals surface area (Å²) in [6.45, 7) is 2.40. The van der Waals surface area contributed by atoms with Crippen molar-refractivity contribution in [2.24, 2.45) is 0 Å². The molecular formula is C17H24O3S. The maximum atomic E-state index is 12.4. The Morgan fingerprint density at radius 2 is 1.81 bits per heavy atom. The Labute approximate surface area is 127 Å². The van der Waals surface area contributed by atoms with Crippen molar-refractivity contribution in [3.63, 3.8) is 0 Å². The molecule has 1 atom stereocenters. The van der Waals surface area contributed by atoms with Gasteiger partial charge in [-0.15, -0.1) is 0 Å². The third-order valence-electron chi connectivity index (χ3n) is 3.80. The van der Waals surface area contributed by atoms with Crippen molar-refractivity contribution in [2.75, 3.05) is 6.61 Å². The lowest BCUT2D eigenvalue weighted by molar-refractivity contribution is 0.118. The first-order valence-electron chi connectivity index (χ1n) is 7.77. The highest BCUT2D eigenvalue weighted by Crippen LogP contribution is 2.26. The highest BCUT2D eigenvalue weighted by molar-refractivity contribution is 7.95. The molecule has 0 saturated heterocycles. The lowest BCUT2D eigenvalue weighted by atomic mass is 10.1. The molecule has 0 spiro atoms. The fourth-order valence-electron chi connectivity index (χ4n) is 2.53. The van der Waals surface area contributed by atoms with Crippen molar-refractivity contribution in [3.8, 4) is 0 Å². The highest BCUT2D eigenvalue weighted by Gasteiger charge is 2.27. The molecule has 1 aliphatic heterocycles. The van der Waals surface area contributed by atoms with E-state index in [0.29, 0.717) is 9.80 Å². The van der Waals surface area contributed by atoms with E-state index < -0.39 is 9.84 Å². The predicted molar refractivity (Wildman–Crippen MR) is 84.8 cm³/mol. The molecule has 0 amide bonds. The van der Waals surface area contributed by atoms with Crippen LogP contribution in [0.3, 0.4) is 0 Å². The molecule has 0 aliphatic carbocycles. The quantitative estimate of drug-likeness (QED) is 0.679. The summed E-state index contributed by atoms with van der Waals surface area (Å²) in [5.41, 5.74) is 0. The molecular weight excluding hydrogens is 284 g/mol. The van der Waals surface area contributed by atoms with Gasteiger partial charge in [-0.3, -0.25) is 0 Å². The Morgan fingerprint density at radius 1 is 1.10 bits per heavy atom. The largest absolute Gasteiger partial charge is 0.369 e. The van der Waals surface area contributed by atoms with Gasteiger partial charge < -0.3 is 4.74 Å². The number of unbranched alkanes of at least 4 members (excludes halogenated alkanes) is 4. The molecule has 0 radical (unpaired) electrons. The van der Waals surface area contributed by atoms with Crippen LogP contribution in [0, 0.1) is 0 Å². The number of ether oxygens (including phenoxy) is 1. The van der Waals surface area contributed by atoms with E-state index in [4.69, 9.17) is 4.74 Å². The normalized spacial score (nSPS) is 18.7. The Bertz CT molecular complexity index is 561. The van der Waals surface area contributed by atoms with Crippen molar-refractivity contribution < 1.29 is 13.2 Å². The van der Waals surface area contributed by atoms with E-state index in [1.807, 2.05) is 6.07 Å². The third kappa shape index (κ3) is 4.42. The maximum absolute atomic E-state index is 12.4. The average molecular weight is 308 g/mol. The second-order valence-electron chi connectivity index (χ2n) is 5.50. The van der Waals surface area contributed by atoms with E-state index in [2.05, 4.69) is 6.92 Å². The van der Waals surface area contributed by atoms with Crippen molar-refractivity contribution in [2.45, 2.75) is 56.4 Å². The summed E-state index contributed by atoms with van der Waals surface area (Å²) in [6.07, 6.45) is 8.72. The molecule has 1 unspecified atom stereocenters. The first-order chi connectivity index (χ1) is 10.1. The van der Waals surface area contributed by atoms with Crippen molar-refractivity contribution in [1.82, 2.24) is 0 Å². The van der Waals surface area contributed by atoms with Gasteiger partial charge in [-0.25, -0.2) is 8.42 Å². The van der Waals surface area contributed by atoms with Gasteiger partial charge >= 0.3 is 0 Å². The highest BCUT2D eigenvalue weighted by atomic mass is 32.2. The van der Waals surface area contributed by atoms with Crippen LogP contribution in [0.15, 0.2) is 46.2 Å². The monoisotopic (exact) mass is 308 g/mol. The van der Waals surface area contributed by atoms with Crippen molar-refractivity contribution >= 4 is 9.84 Å². The zero-order valence-electron chi connectivity index (χ0n) is 12.6. The molecule has 0 fully saturated rings. The van der Waals surface area contributed by atoms with Gasteiger partial charge in [0.2, 0.25) is 9.84 Å². The van der Waals surface area contributed by atoms with Crippen LogP contribution in [0.1, 0.15) is 45.4 Å². The first-order valence-corrected chi connectivity index (χ1v) is 9.25. The zero-order valence-corrected chi connectivity index (χ0v) is 13.4. The van der Waals surface area contributed by atoms with E-state index in [1.165, 1.54) is 25.7 Å². The van der Waals surface area contributed by atoms with Crippen LogP contribution in [-0.2, 0) is 14.6 Å². The molecule has 0 bridgehead atoms. The number of sulfone groups is 1. The van der Waals surface area contributed by atoms with Gasteiger partial charge in [0, 0.05) is 0 Å². The van der Waals surface area contributed by atoms with E-state index in [-0.39, 0.29) is 12.7 Å². The van der Waals surface area contributed by atoms with E-state index >= 15 is 0 Å². The fourth-order valence-corrected chi connectivity index (χ4v) is 3.90. The second kappa shape index (κ2) is 7.76. The van der Waals surface area contributed by atoms with E-state index in [9.17, 15) is 8.42 Å². The topological polar surface area (TPSA) is 43.4 Å². The smallest absolute Gasteiger partial charge is 0.204 e. The summed E-state index contributed by atoms with van der Waals surface area (Å²) in [5, 5.41) is 0. The molecule has 1 aliphatic rings. The van der Waals surface area contributed by atoms with Crippen LogP contribution in [0.4, 0.5) is 0 Å². The van der Waals surface area contributed by atoms with Crippen LogP contribution in [0.25, 0.3) is 0 Å². The number of hydrogen-bond acceptors (Lipinski definition) is 3. The molecule has 116 valence electrons. The molecule has 0 aromatic heterocycles. The standard InChI is InChI=1S/C17H24O3S/c1-2-3-4-5-7-10-15-13-17(14-20-15)21(18,19)16-11-8-6-9-12-16/h6,8-9,11-13,15H,2-5,7,10,14H2,1H3. The Kier molecular flexibility index (Phi) is 6.00.